The molecule has 1 aliphatic carbocycles. The molecule has 200 valence electrons. The minimum Gasteiger partial charge on any atom is -0.457 e. The van der Waals surface area contributed by atoms with E-state index in [1.165, 1.54) is 33.0 Å². The second kappa shape index (κ2) is 8.82. The Morgan fingerprint density at radius 3 is 2.12 bits per heavy atom. The van der Waals surface area contributed by atoms with Crippen molar-refractivity contribution in [3.8, 4) is 28.7 Å². The van der Waals surface area contributed by atoms with E-state index in [4.69, 9.17) is 9.39 Å². The van der Waals surface area contributed by atoms with Gasteiger partial charge in [-0.05, 0) is 96.5 Å². The zero-order valence-electron chi connectivity index (χ0n) is 23.7. The molecule has 7 rings (SSSR count). The third kappa shape index (κ3) is 3.68. The Morgan fingerprint density at radius 1 is 0.732 bits per heavy atom. The number of nitrogens with zero attached hydrogens (tertiary/aromatic N) is 1. The van der Waals surface area contributed by atoms with Crippen LogP contribution in [0, 0.1) is 11.3 Å². The fourth-order valence-corrected chi connectivity index (χ4v) is 6.28. The Balaban J connectivity index is 1.49. The van der Waals surface area contributed by atoms with Crippen LogP contribution in [0.1, 0.15) is 55.5 Å². The van der Waals surface area contributed by atoms with Crippen LogP contribution >= 0.6 is 0 Å². The lowest BCUT2D eigenvalue weighted by molar-refractivity contribution is -0.0893. The van der Waals surface area contributed by atoms with Crippen molar-refractivity contribution >= 4 is 23.7 Å². The van der Waals surface area contributed by atoms with Crippen LogP contribution < -0.4 is 10.2 Å². The van der Waals surface area contributed by atoms with Crippen LogP contribution in [0.15, 0.2) is 97.1 Å². The van der Waals surface area contributed by atoms with Crippen molar-refractivity contribution in [3.05, 3.63) is 125 Å². The normalized spacial score (nSPS) is 16.8. The number of hydrogen-bond donors (Lipinski definition) is 1. The fourth-order valence-electron chi connectivity index (χ4n) is 6.28. The van der Waals surface area contributed by atoms with Crippen molar-refractivity contribution in [1.29, 1.82) is 5.26 Å². The van der Waals surface area contributed by atoms with Gasteiger partial charge < -0.3 is 14.5 Å². The highest BCUT2D eigenvalue weighted by Gasteiger charge is 2.51. The van der Waals surface area contributed by atoms with E-state index in [1.807, 2.05) is 32.0 Å². The Morgan fingerprint density at radius 2 is 1.39 bits per heavy atom. The number of aliphatic hydroxyl groups is 1. The van der Waals surface area contributed by atoms with Gasteiger partial charge in [-0.25, -0.2) is 0 Å². The van der Waals surface area contributed by atoms with Gasteiger partial charge in [-0.3, -0.25) is 0 Å². The van der Waals surface area contributed by atoms with Gasteiger partial charge in [0, 0.05) is 11.1 Å². The third-order valence-corrected chi connectivity index (χ3v) is 9.17. The smallest absolute Gasteiger partial charge is 0.309 e. The predicted molar refractivity (Wildman–Crippen MR) is 164 cm³/mol. The fraction of sp³-hybridized carbons (Fsp3) is 0.194. The molecule has 1 atom stereocenters. The molecule has 0 aromatic heterocycles. The lowest BCUT2D eigenvalue weighted by Gasteiger charge is -2.40. The Hall–Kier alpha value is -4.37. The van der Waals surface area contributed by atoms with Crippen LogP contribution in [0.4, 0.5) is 0 Å². The van der Waals surface area contributed by atoms with Crippen molar-refractivity contribution in [1.82, 2.24) is 0 Å². The second-order valence-electron chi connectivity index (χ2n) is 12.2. The molecule has 1 spiro atoms. The first-order chi connectivity index (χ1) is 19.6. The van der Waals surface area contributed by atoms with Crippen molar-refractivity contribution in [3.63, 3.8) is 0 Å². The first-order valence-electron chi connectivity index (χ1n) is 14.0. The van der Waals surface area contributed by atoms with Gasteiger partial charge in [0.2, 0.25) is 0 Å². The van der Waals surface area contributed by atoms with Crippen molar-refractivity contribution in [2.45, 2.75) is 44.3 Å². The third-order valence-electron chi connectivity index (χ3n) is 9.17. The Kier molecular flexibility index (Phi) is 5.50. The van der Waals surface area contributed by atoms with Gasteiger partial charge in [-0.15, -0.1) is 0 Å². The van der Waals surface area contributed by atoms with Crippen molar-refractivity contribution in [2.75, 3.05) is 0 Å². The summed E-state index contributed by atoms with van der Waals surface area (Å²) in [6.45, 7) is 7.31. The molecule has 4 nitrogen and oxygen atoms in total. The molecule has 0 radical (unpaired) electrons. The highest BCUT2D eigenvalue weighted by molar-refractivity contribution is 6.47. The Labute approximate surface area is 241 Å². The van der Waals surface area contributed by atoms with Gasteiger partial charge >= 0.3 is 7.48 Å². The van der Waals surface area contributed by atoms with Crippen molar-refractivity contribution < 1.29 is 14.5 Å². The van der Waals surface area contributed by atoms with Crippen molar-refractivity contribution in [2.24, 2.45) is 0 Å². The molecule has 2 aliphatic rings. The molecule has 0 saturated carbocycles. The van der Waals surface area contributed by atoms with E-state index in [1.54, 1.807) is 13.8 Å². The van der Waals surface area contributed by atoms with E-state index in [2.05, 4.69) is 84.9 Å². The van der Waals surface area contributed by atoms with Gasteiger partial charge in [0.05, 0.1) is 28.2 Å². The molecule has 5 aromatic rings. The quantitative estimate of drug-likeness (QED) is 0.254. The predicted octanol–water partition coefficient (Wildman–Crippen LogP) is 6.72. The summed E-state index contributed by atoms with van der Waals surface area (Å²) in [6, 6.07) is 36.1. The number of rotatable bonds is 4. The van der Waals surface area contributed by atoms with E-state index in [9.17, 15) is 10.4 Å². The van der Waals surface area contributed by atoms with Crippen LogP contribution in [0.2, 0.25) is 0 Å². The lowest BCUT2D eigenvalue weighted by Crippen LogP contribution is -2.49. The van der Waals surface area contributed by atoms with E-state index < -0.39 is 16.6 Å². The number of fused-ring (bicyclic) bond motifs is 10. The molecule has 1 heterocycles. The van der Waals surface area contributed by atoms with E-state index >= 15 is 0 Å². The van der Waals surface area contributed by atoms with Crippen LogP contribution in [0.5, 0.6) is 11.5 Å². The van der Waals surface area contributed by atoms with Crippen LogP contribution in [0.3, 0.4) is 0 Å². The molecule has 0 saturated heterocycles. The summed E-state index contributed by atoms with van der Waals surface area (Å²) in [5, 5.41) is 22.7. The molecule has 1 aliphatic heterocycles. The SMILES string of the molecule is CC(C)(O)C(C)(C)OBc1ccc2c(c1)Oc1cc(C#N)ccc1C21c2ccccc2-c2cc3ccccc3cc21. The molecule has 5 aromatic carbocycles. The van der Waals surface area contributed by atoms with Gasteiger partial charge in [0.1, 0.15) is 11.5 Å². The van der Waals surface area contributed by atoms with E-state index in [0.29, 0.717) is 18.8 Å². The van der Waals surface area contributed by atoms with E-state index in [-0.39, 0.29) is 0 Å². The first-order valence-corrected chi connectivity index (χ1v) is 14.0. The molecule has 41 heavy (non-hydrogen) atoms. The van der Waals surface area contributed by atoms with Gasteiger partial charge in [-0.1, -0.05) is 66.7 Å². The lowest BCUT2D eigenvalue weighted by atomic mass is 9.65. The highest BCUT2D eigenvalue weighted by atomic mass is 16.5. The minimum absolute atomic E-state index is 0.323. The summed E-state index contributed by atoms with van der Waals surface area (Å²) in [4.78, 5) is 0. The molecular weight excluding hydrogens is 505 g/mol. The van der Waals surface area contributed by atoms with Gasteiger partial charge in [0.25, 0.3) is 0 Å². The first kappa shape index (κ1) is 25.6. The highest BCUT2D eigenvalue weighted by Crippen LogP contribution is 2.62. The molecule has 1 unspecified atom stereocenters. The topological polar surface area (TPSA) is 62.5 Å². The van der Waals surface area contributed by atoms with Crippen LogP contribution in [-0.4, -0.2) is 23.8 Å². The number of hydrogen-bond acceptors (Lipinski definition) is 4. The maximum atomic E-state index is 10.6. The zero-order chi connectivity index (χ0) is 28.6. The Bertz CT molecular complexity index is 1910. The second-order valence-corrected chi connectivity index (χ2v) is 12.2. The summed E-state index contributed by atoms with van der Waals surface area (Å²) >= 11 is 0. The zero-order valence-corrected chi connectivity index (χ0v) is 23.7. The molecule has 0 fully saturated rings. The molecule has 0 amide bonds. The van der Waals surface area contributed by atoms with E-state index in [0.717, 1.165) is 22.3 Å². The molecule has 5 heteroatoms. The van der Waals surface area contributed by atoms with Gasteiger partial charge in [-0.2, -0.15) is 5.26 Å². The standard InChI is InChI=1S/C36H30BNO3/c1-34(2,39)35(3,4)41-37-25-14-16-30-33(20-25)40-32-17-22(21-38)13-15-29(32)36(30)28-12-8-7-11-26(28)27-18-23-9-5-6-10-24(23)19-31(27)36/h5-20,37,39H,1-4H3. The summed E-state index contributed by atoms with van der Waals surface area (Å²) in [5.74, 6) is 1.42. The molecule has 1 N–H and O–H groups in total. The summed E-state index contributed by atoms with van der Waals surface area (Å²) in [7, 11) is 0.323. The maximum absolute atomic E-state index is 10.6. The van der Waals surface area contributed by atoms with Crippen LogP contribution in [-0.2, 0) is 10.1 Å². The minimum atomic E-state index is -1.01. The monoisotopic (exact) mass is 535 g/mol. The number of nitriles is 1. The average Bonchev–Trinajstić information content (AvgIpc) is 3.24. The van der Waals surface area contributed by atoms with Gasteiger partial charge in [0.15, 0.2) is 0 Å². The largest absolute Gasteiger partial charge is 0.457 e. The number of ether oxygens (including phenoxy) is 1. The molecular formula is C36H30BNO3. The van der Waals surface area contributed by atoms with Crippen LogP contribution in [0.25, 0.3) is 21.9 Å². The summed E-state index contributed by atoms with van der Waals surface area (Å²) < 4.78 is 12.8. The average molecular weight is 535 g/mol. The maximum Gasteiger partial charge on any atom is 0.309 e. The number of benzene rings is 5. The summed E-state index contributed by atoms with van der Waals surface area (Å²) in [6.07, 6.45) is 0. The molecule has 0 bridgehead atoms. The summed E-state index contributed by atoms with van der Waals surface area (Å²) in [5.41, 5.74) is 6.04.